The number of hydrogen-bond acceptors (Lipinski definition) is 2. The lowest BCUT2D eigenvalue weighted by Crippen LogP contribution is -2.20. The maximum atomic E-state index is 11.8. The molecule has 1 aromatic carbocycles. The van der Waals surface area contributed by atoms with Crippen molar-refractivity contribution in [2.45, 2.75) is 54.4 Å². The van der Waals surface area contributed by atoms with Crippen molar-refractivity contribution in [1.82, 2.24) is 0 Å². The fraction of sp³-hybridized carbons (Fsp3) is 0.500. The van der Waals surface area contributed by atoms with Crippen molar-refractivity contribution in [3.8, 4) is 0 Å². The largest absolute Gasteiger partial charge is 0.299 e. The van der Waals surface area contributed by atoms with Crippen LogP contribution in [0.25, 0.3) is 0 Å². The van der Waals surface area contributed by atoms with Gasteiger partial charge in [0, 0.05) is 0 Å². The Morgan fingerprint density at radius 3 is 1.22 bits per heavy atom. The summed E-state index contributed by atoms with van der Waals surface area (Å²) in [6, 6.07) is 0. The van der Waals surface area contributed by atoms with Crippen LogP contribution in [0.3, 0.4) is 0 Å². The van der Waals surface area contributed by atoms with Crippen molar-refractivity contribution in [3.05, 3.63) is 33.4 Å². The lowest BCUT2D eigenvalue weighted by molar-refractivity contribution is -0.126. The molecule has 0 fully saturated rings. The maximum Gasteiger partial charge on any atom is 0.144 e. The molecule has 18 heavy (non-hydrogen) atoms. The molecule has 0 saturated carbocycles. The van der Waals surface area contributed by atoms with E-state index in [0.717, 1.165) is 16.7 Å². The van der Waals surface area contributed by atoms with E-state index >= 15 is 0 Å². The molecule has 0 radical (unpaired) electrons. The summed E-state index contributed by atoms with van der Waals surface area (Å²) in [5.41, 5.74) is 6.67. The molecule has 0 N–H and O–H groups in total. The van der Waals surface area contributed by atoms with Gasteiger partial charge >= 0.3 is 0 Å². The van der Waals surface area contributed by atoms with E-state index in [0.29, 0.717) is 0 Å². The Bertz CT molecular complexity index is 481. The van der Waals surface area contributed by atoms with E-state index in [1.807, 2.05) is 13.8 Å². The molecule has 0 aromatic heterocycles. The van der Waals surface area contributed by atoms with Crippen LogP contribution in [0.15, 0.2) is 0 Å². The smallest absolute Gasteiger partial charge is 0.144 e. The van der Waals surface area contributed by atoms with Gasteiger partial charge in [-0.25, -0.2) is 0 Å². The number of carbonyl (C=O) groups excluding carboxylic acids is 2. The third-order valence-electron chi connectivity index (χ3n) is 4.16. The summed E-state index contributed by atoms with van der Waals surface area (Å²) in [6.07, 6.45) is 0. The highest BCUT2D eigenvalue weighted by atomic mass is 16.1. The lowest BCUT2D eigenvalue weighted by atomic mass is 9.80. The van der Waals surface area contributed by atoms with Gasteiger partial charge in [-0.15, -0.1) is 0 Å². The predicted molar refractivity (Wildman–Crippen MR) is 74.2 cm³/mol. The van der Waals surface area contributed by atoms with Crippen molar-refractivity contribution in [3.63, 3.8) is 0 Å². The highest BCUT2D eigenvalue weighted by Gasteiger charge is 2.27. The molecule has 0 aliphatic rings. The summed E-state index contributed by atoms with van der Waals surface area (Å²) < 4.78 is 0. The molecule has 0 amide bonds. The zero-order chi connectivity index (χ0) is 14.2. The average molecular weight is 246 g/mol. The molecule has 0 heterocycles. The maximum absolute atomic E-state index is 11.8. The summed E-state index contributed by atoms with van der Waals surface area (Å²) in [5, 5.41) is 0. The van der Waals surface area contributed by atoms with Gasteiger partial charge in [0.05, 0.1) is 0 Å². The quantitative estimate of drug-likeness (QED) is 0.765. The van der Waals surface area contributed by atoms with E-state index < -0.39 is 5.92 Å². The second kappa shape index (κ2) is 5.05. The van der Waals surface area contributed by atoms with Crippen LogP contribution in [0.1, 0.15) is 53.1 Å². The summed E-state index contributed by atoms with van der Waals surface area (Å²) in [4.78, 5) is 23.6. The van der Waals surface area contributed by atoms with Crippen molar-refractivity contribution in [2.24, 2.45) is 0 Å². The summed E-state index contributed by atoms with van der Waals surface area (Å²) >= 11 is 0. The standard InChI is InChI=1S/C16H22O2/c1-8-9(2)11(4)15(12(5)10(8)3)16(13(6)17)14(7)18/h16H,1-7H3. The topological polar surface area (TPSA) is 34.1 Å². The lowest BCUT2D eigenvalue weighted by Gasteiger charge is -2.22. The normalized spacial score (nSPS) is 10.9. The monoisotopic (exact) mass is 246 g/mol. The van der Waals surface area contributed by atoms with Crippen LogP contribution in [-0.4, -0.2) is 11.6 Å². The van der Waals surface area contributed by atoms with Crippen molar-refractivity contribution >= 4 is 11.6 Å². The van der Waals surface area contributed by atoms with Crippen LogP contribution in [-0.2, 0) is 9.59 Å². The number of hydrogen-bond donors (Lipinski definition) is 0. The number of benzene rings is 1. The fourth-order valence-corrected chi connectivity index (χ4v) is 2.65. The van der Waals surface area contributed by atoms with E-state index in [-0.39, 0.29) is 11.6 Å². The molecule has 1 rings (SSSR count). The van der Waals surface area contributed by atoms with Crippen molar-refractivity contribution < 1.29 is 9.59 Å². The second-order valence-electron chi connectivity index (χ2n) is 5.19. The third-order valence-corrected chi connectivity index (χ3v) is 4.16. The van der Waals surface area contributed by atoms with E-state index in [1.165, 1.54) is 30.5 Å². The van der Waals surface area contributed by atoms with Crippen LogP contribution >= 0.6 is 0 Å². The first-order valence-electron chi connectivity index (χ1n) is 6.27. The van der Waals surface area contributed by atoms with E-state index in [9.17, 15) is 9.59 Å². The van der Waals surface area contributed by atoms with Crippen molar-refractivity contribution in [2.75, 3.05) is 0 Å². The van der Waals surface area contributed by atoms with E-state index in [1.54, 1.807) is 0 Å². The van der Waals surface area contributed by atoms with Gasteiger partial charge in [0.1, 0.15) is 17.5 Å². The average Bonchev–Trinajstić information content (AvgIpc) is 2.28. The fourth-order valence-electron chi connectivity index (χ4n) is 2.65. The summed E-state index contributed by atoms with van der Waals surface area (Å²) in [6.45, 7) is 13.2. The van der Waals surface area contributed by atoms with Gasteiger partial charge in [-0.2, -0.15) is 0 Å². The zero-order valence-corrected chi connectivity index (χ0v) is 12.4. The molecule has 0 spiro atoms. The molecule has 0 unspecified atom stereocenters. The molecule has 2 nitrogen and oxygen atoms in total. The number of Topliss-reactive ketones (excluding diaryl/α,β-unsaturated/α-hetero) is 2. The van der Waals surface area contributed by atoms with Gasteiger partial charge in [0.25, 0.3) is 0 Å². The van der Waals surface area contributed by atoms with Gasteiger partial charge < -0.3 is 0 Å². The Hall–Kier alpha value is -1.44. The van der Waals surface area contributed by atoms with Crippen LogP contribution in [0.4, 0.5) is 0 Å². The minimum atomic E-state index is -0.608. The molecule has 0 atom stereocenters. The van der Waals surface area contributed by atoms with Crippen LogP contribution in [0, 0.1) is 34.6 Å². The highest BCUT2D eigenvalue weighted by molar-refractivity contribution is 6.06. The molecular weight excluding hydrogens is 224 g/mol. The van der Waals surface area contributed by atoms with Gasteiger partial charge in [0.2, 0.25) is 0 Å². The second-order valence-corrected chi connectivity index (χ2v) is 5.19. The first-order chi connectivity index (χ1) is 8.20. The molecule has 0 aliphatic heterocycles. The first-order valence-corrected chi connectivity index (χ1v) is 6.27. The van der Waals surface area contributed by atoms with Gasteiger partial charge in [-0.05, 0) is 81.8 Å². The van der Waals surface area contributed by atoms with Gasteiger partial charge in [-0.1, -0.05) is 0 Å². The van der Waals surface area contributed by atoms with Crippen LogP contribution < -0.4 is 0 Å². The minimum absolute atomic E-state index is 0.0728. The third kappa shape index (κ3) is 2.24. The zero-order valence-electron chi connectivity index (χ0n) is 12.4. The van der Waals surface area contributed by atoms with Gasteiger partial charge in [-0.3, -0.25) is 9.59 Å². The Balaban J connectivity index is 3.69. The predicted octanol–water partition coefficient (Wildman–Crippen LogP) is 3.49. The molecule has 98 valence electrons. The Morgan fingerprint density at radius 2 is 0.944 bits per heavy atom. The Kier molecular flexibility index (Phi) is 4.10. The van der Waals surface area contributed by atoms with Crippen LogP contribution in [0.2, 0.25) is 0 Å². The number of rotatable bonds is 3. The van der Waals surface area contributed by atoms with Gasteiger partial charge in [0.15, 0.2) is 0 Å². The molecule has 2 heteroatoms. The molecular formula is C16H22O2. The molecule has 0 saturated heterocycles. The highest BCUT2D eigenvalue weighted by Crippen LogP contribution is 2.32. The Morgan fingerprint density at radius 1 is 0.667 bits per heavy atom. The van der Waals surface area contributed by atoms with E-state index in [2.05, 4.69) is 20.8 Å². The minimum Gasteiger partial charge on any atom is -0.299 e. The Labute approximate surface area is 109 Å². The molecule has 0 aliphatic carbocycles. The summed E-state index contributed by atoms with van der Waals surface area (Å²) in [5.74, 6) is -0.754. The molecule has 0 bridgehead atoms. The molecule has 1 aromatic rings. The SMILES string of the molecule is CC(=O)C(C(C)=O)c1c(C)c(C)c(C)c(C)c1C. The van der Waals surface area contributed by atoms with E-state index in [4.69, 9.17) is 0 Å². The number of ketones is 2. The van der Waals surface area contributed by atoms with Crippen molar-refractivity contribution in [1.29, 1.82) is 0 Å². The number of carbonyl (C=O) groups is 2. The van der Waals surface area contributed by atoms with Crippen LogP contribution in [0.5, 0.6) is 0 Å². The summed E-state index contributed by atoms with van der Waals surface area (Å²) in [7, 11) is 0. The first kappa shape index (κ1) is 14.6.